The molecule has 0 unspecified atom stereocenters. The molecule has 3 nitrogen and oxygen atoms in total. The highest BCUT2D eigenvalue weighted by Gasteiger charge is 2.23. The first-order chi connectivity index (χ1) is 8.75. The number of hydrogen-bond donors (Lipinski definition) is 1. The Morgan fingerprint density at radius 3 is 2.44 bits per heavy atom. The number of para-hydroxylation sites is 3. The van der Waals surface area contributed by atoms with Crippen LogP contribution in [0.1, 0.15) is 0 Å². The summed E-state index contributed by atoms with van der Waals surface area (Å²) in [5, 5.41) is 3.50. The van der Waals surface area contributed by atoms with Gasteiger partial charge in [-0.15, -0.1) is 0 Å². The Balaban J connectivity index is 2.13. The number of amides is 1. The van der Waals surface area contributed by atoms with E-state index in [4.69, 9.17) is 11.6 Å². The fourth-order valence-corrected chi connectivity index (χ4v) is 2.36. The highest BCUT2D eigenvalue weighted by molar-refractivity contribution is 6.33. The first kappa shape index (κ1) is 11.1. The second-order valence-electron chi connectivity index (χ2n) is 4.10. The van der Waals surface area contributed by atoms with Crippen LogP contribution in [0.5, 0.6) is 0 Å². The number of carbonyl (C=O) groups is 1. The van der Waals surface area contributed by atoms with Crippen molar-refractivity contribution in [2.75, 3.05) is 16.8 Å². The van der Waals surface area contributed by atoms with E-state index in [-0.39, 0.29) is 12.5 Å². The molecule has 3 rings (SSSR count). The Hall–Kier alpha value is -2.00. The second-order valence-corrected chi connectivity index (χ2v) is 4.51. The molecule has 0 aromatic heterocycles. The first-order valence-electron chi connectivity index (χ1n) is 5.66. The van der Waals surface area contributed by atoms with Gasteiger partial charge in [-0.25, -0.2) is 0 Å². The maximum Gasteiger partial charge on any atom is 0.244 e. The zero-order valence-electron chi connectivity index (χ0n) is 9.56. The van der Waals surface area contributed by atoms with Gasteiger partial charge >= 0.3 is 0 Å². The number of carbonyl (C=O) groups excluding carboxylic acids is 1. The number of anilines is 3. The zero-order valence-corrected chi connectivity index (χ0v) is 10.3. The number of nitrogens with zero attached hydrogens (tertiary/aromatic N) is 1. The molecule has 0 saturated carbocycles. The summed E-state index contributed by atoms with van der Waals surface area (Å²) >= 11 is 6.20. The molecule has 18 heavy (non-hydrogen) atoms. The molecule has 0 fully saturated rings. The van der Waals surface area contributed by atoms with Crippen LogP contribution in [0.2, 0.25) is 5.02 Å². The third-order valence-electron chi connectivity index (χ3n) is 2.91. The molecule has 4 heteroatoms. The van der Waals surface area contributed by atoms with Crippen molar-refractivity contribution in [2.24, 2.45) is 0 Å². The largest absolute Gasteiger partial charge is 0.329 e. The Morgan fingerprint density at radius 1 is 1.00 bits per heavy atom. The van der Waals surface area contributed by atoms with E-state index in [0.717, 1.165) is 17.1 Å². The maximum absolute atomic E-state index is 11.7. The van der Waals surface area contributed by atoms with E-state index in [1.807, 2.05) is 53.4 Å². The van der Waals surface area contributed by atoms with E-state index in [1.54, 1.807) is 0 Å². The van der Waals surface area contributed by atoms with Crippen LogP contribution < -0.4 is 10.2 Å². The van der Waals surface area contributed by atoms with Crippen molar-refractivity contribution < 1.29 is 4.79 Å². The van der Waals surface area contributed by atoms with Crippen LogP contribution in [-0.4, -0.2) is 12.5 Å². The highest BCUT2D eigenvalue weighted by atomic mass is 35.5. The third kappa shape index (κ3) is 1.83. The Kier molecular flexibility index (Phi) is 2.68. The molecule has 90 valence electrons. The lowest BCUT2D eigenvalue weighted by Crippen LogP contribution is -2.35. The van der Waals surface area contributed by atoms with Crippen LogP contribution in [0.25, 0.3) is 0 Å². The van der Waals surface area contributed by atoms with E-state index in [9.17, 15) is 4.79 Å². The Morgan fingerprint density at radius 2 is 1.67 bits per heavy atom. The smallest absolute Gasteiger partial charge is 0.244 e. The number of nitrogens with one attached hydrogen (secondary N) is 1. The molecule has 2 aromatic rings. The summed E-state index contributed by atoms with van der Waals surface area (Å²) in [6.45, 7) is 0.279. The predicted molar refractivity (Wildman–Crippen MR) is 73.5 cm³/mol. The van der Waals surface area contributed by atoms with Gasteiger partial charge in [-0.2, -0.15) is 0 Å². The molecule has 0 bridgehead atoms. The Labute approximate surface area is 110 Å². The molecule has 0 saturated heterocycles. The number of hydrogen-bond acceptors (Lipinski definition) is 2. The average Bonchev–Trinajstić information content (AvgIpc) is 2.38. The molecule has 1 aliphatic heterocycles. The summed E-state index contributed by atoms with van der Waals surface area (Å²) in [7, 11) is 0. The van der Waals surface area contributed by atoms with Crippen molar-refractivity contribution in [3.63, 3.8) is 0 Å². The molecule has 1 N–H and O–H groups in total. The third-order valence-corrected chi connectivity index (χ3v) is 3.23. The zero-order chi connectivity index (χ0) is 12.5. The van der Waals surface area contributed by atoms with Gasteiger partial charge in [0.25, 0.3) is 0 Å². The lowest BCUT2D eigenvalue weighted by Gasteiger charge is -2.31. The minimum atomic E-state index is -0.0337. The summed E-state index contributed by atoms with van der Waals surface area (Å²) < 4.78 is 0. The van der Waals surface area contributed by atoms with E-state index < -0.39 is 0 Å². The van der Waals surface area contributed by atoms with Gasteiger partial charge in [0.2, 0.25) is 5.91 Å². The van der Waals surface area contributed by atoms with Gasteiger partial charge in [-0.1, -0.05) is 35.9 Å². The first-order valence-corrected chi connectivity index (χ1v) is 6.04. The van der Waals surface area contributed by atoms with Crippen LogP contribution in [-0.2, 0) is 4.79 Å². The fourth-order valence-electron chi connectivity index (χ4n) is 2.12. The van der Waals surface area contributed by atoms with E-state index in [0.29, 0.717) is 5.02 Å². The van der Waals surface area contributed by atoms with Crippen molar-refractivity contribution in [2.45, 2.75) is 0 Å². The summed E-state index contributed by atoms with van der Waals surface area (Å²) in [6.07, 6.45) is 0. The van der Waals surface area contributed by atoms with Crippen molar-refractivity contribution >= 4 is 34.6 Å². The van der Waals surface area contributed by atoms with Crippen LogP contribution in [0, 0.1) is 0 Å². The SMILES string of the molecule is O=C1CN(c2ccccc2Cl)c2ccccc2N1. The summed E-state index contributed by atoms with van der Waals surface area (Å²) in [6, 6.07) is 15.2. The highest BCUT2D eigenvalue weighted by Crippen LogP contribution is 2.37. The van der Waals surface area contributed by atoms with E-state index in [1.165, 1.54) is 0 Å². The molecule has 0 aliphatic carbocycles. The lowest BCUT2D eigenvalue weighted by molar-refractivity contribution is -0.115. The monoisotopic (exact) mass is 258 g/mol. The fraction of sp³-hybridized carbons (Fsp3) is 0.0714. The van der Waals surface area contributed by atoms with Crippen molar-refractivity contribution in [1.82, 2.24) is 0 Å². The topological polar surface area (TPSA) is 32.3 Å². The average molecular weight is 259 g/mol. The van der Waals surface area contributed by atoms with Gasteiger partial charge in [0.1, 0.15) is 6.54 Å². The van der Waals surface area contributed by atoms with Crippen LogP contribution in [0.3, 0.4) is 0 Å². The number of rotatable bonds is 1. The molecule has 1 heterocycles. The predicted octanol–water partition coefficient (Wildman–Crippen LogP) is 3.43. The van der Waals surface area contributed by atoms with Crippen molar-refractivity contribution in [3.8, 4) is 0 Å². The quantitative estimate of drug-likeness (QED) is 0.850. The van der Waals surface area contributed by atoms with Gasteiger partial charge < -0.3 is 10.2 Å². The van der Waals surface area contributed by atoms with Crippen LogP contribution in [0.4, 0.5) is 17.1 Å². The molecule has 2 aromatic carbocycles. The minimum absolute atomic E-state index is 0.0337. The molecule has 1 aliphatic rings. The van der Waals surface area contributed by atoms with Crippen LogP contribution in [0.15, 0.2) is 48.5 Å². The van der Waals surface area contributed by atoms with Gasteiger partial charge in [-0.05, 0) is 24.3 Å². The minimum Gasteiger partial charge on any atom is -0.329 e. The molecule has 0 radical (unpaired) electrons. The number of benzene rings is 2. The number of fused-ring (bicyclic) bond motifs is 1. The second kappa shape index (κ2) is 4.35. The van der Waals surface area contributed by atoms with Gasteiger partial charge in [0, 0.05) is 0 Å². The molecular formula is C14H11ClN2O. The van der Waals surface area contributed by atoms with Crippen molar-refractivity contribution in [1.29, 1.82) is 0 Å². The van der Waals surface area contributed by atoms with Gasteiger partial charge in [-0.3, -0.25) is 4.79 Å². The lowest BCUT2D eigenvalue weighted by atomic mass is 10.1. The van der Waals surface area contributed by atoms with Crippen molar-refractivity contribution in [3.05, 3.63) is 53.6 Å². The van der Waals surface area contributed by atoms with Gasteiger partial charge in [0.05, 0.1) is 22.1 Å². The van der Waals surface area contributed by atoms with E-state index >= 15 is 0 Å². The molecular weight excluding hydrogens is 248 g/mol. The molecule has 1 amide bonds. The number of halogens is 1. The normalized spacial score (nSPS) is 14.1. The maximum atomic E-state index is 11.7. The summed E-state index contributed by atoms with van der Waals surface area (Å²) in [5.74, 6) is -0.0337. The molecule has 0 atom stereocenters. The summed E-state index contributed by atoms with van der Waals surface area (Å²) in [5.41, 5.74) is 2.63. The molecule has 0 spiro atoms. The standard InChI is InChI=1S/C14H11ClN2O/c15-10-5-1-3-7-12(10)17-9-14(18)16-11-6-2-4-8-13(11)17/h1-8H,9H2,(H,16,18). The van der Waals surface area contributed by atoms with E-state index in [2.05, 4.69) is 5.32 Å². The summed E-state index contributed by atoms with van der Waals surface area (Å²) in [4.78, 5) is 13.7. The van der Waals surface area contributed by atoms with Crippen LogP contribution >= 0.6 is 11.6 Å². The van der Waals surface area contributed by atoms with Gasteiger partial charge in [0.15, 0.2) is 0 Å². The Bertz CT molecular complexity index is 612.